The smallest absolute Gasteiger partial charge is 0.281 e. The van der Waals surface area contributed by atoms with Crippen LogP contribution >= 0.6 is 38.9 Å². The second-order valence-corrected chi connectivity index (χ2v) is 7.93. The van der Waals surface area contributed by atoms with Gasteiger partial charge in [-0.25, -0.2) is 0 Å². The predicted molar refractivity (Wildman–Crippen MR) is 112 cm³/mol. The number of hydrogen-bond acceptors (Lipinski definition) is 4. The van der Waals surface area contributed by atoms with Crippen molar-refractivity contribution in [1.29, 1.82) is 0 Å². The van der Waals surface area contributed by atoms with Crippen LogP contribution in [0.4, 0.5) is 0 Å². The molecule has 0 fully saturated rings. The fourth-order valence-electron chi connectivity index (χ4n) is 2.37. The fraction of sp³-hybridized carbons (Fsp3) is 0.158. The largest absolute Gasteiger partial charge is 0.492 e. The highest BCUT2D eigenvalue weighted by Gasteiger charge is 2.18. The van der Waals surface area contributed by atoms with Crippen molar-refractivity contribution < 1.29 is 14.3 Å². The molecule has 0 saturated carbocycles. The summed E-state index contributed by atoms with van der Waals surface area (Å²) < 4.78 is 7.13. The monoisotopic (exact) mass is 466 g/mol. The minimum atomic E-state index is -0.462. The normalized spacial score (nSPS) is 10.6. The highest BCUT2D eigenvalue weighted by atomic mass is 79.9. The molecule has 140 valence electrons. The first-order chi connectivity index (χ1) is 13.0. The predicted octanol–water partition coefficient (Wildman–Crippen LogP) is 5.18. The Labute approximate surface area is 173 Å². The van der Waals surface area contributed by atoms with Crippen molar-refractivity contribution in [2.45, 2.75) is 13.3 Å². The average molecular weight is 468 g/mol. The number of thiophene rings is 1. The zero-order valence-electron chi connectivity index (χ0n) is 14.3. The Bertz CT molecular complexity index is 1010. The molecule has 1 heterocycles. The van der Waals surface area contributed by atoms with Gasteiger partial charge in [0.05, 0.1) is 16.1 Å². The number of amides is 2. The molecule has 0 spiro atoms. The van der Waals surface area contributed by atoms with E-state index in [-0.39, 0.29) is 0 Å². The second-order valence-electron chi connectivity index (χ2n) is 5.64. The number of fused-ring (bicyclic) bond motifs is 1. The van der Waals surface area contributed by atoms with Crippen molar-refractivity contribution in [3.8, 4) is 5.75 Å². The molecule has 0 atom stereocenters. The lowest BCUT2D eigenvalue weighted by atomic mass is 10.2. The van der Waals surface area contributed by atoms with Crippen molar-refractivity contribution in [1.82, 2.24) is 10.9 Å². The Kier molecular flexibility index (Phi) is 6.36. The number of ether oxygens (including phenoxy) is 1. The summed E-state index contributed by atoms with van der Waals surface area (Å²) in [6.45, 7) is 2.61. The summed E-state index contributed by atoms with van der Waals surface area (Å²) in [5, 5.41) is 1.19. The van der Waals surface area contributed by atoms with Gasteiger partial charge in [-0.1, -0.05) is 36.7 Å². The third kappa shape index (κ3) is 4.43. The number of hydrogen-bond donors (Lipinski definition) is 2. The van der Waals surface area contributed by atoms with Crippen molar-refractivity contribution in [2.75, 3.05) is 6.61 Å². The Morgan fingerprint density at radius 2 is 1.89 bits per heavy atom. The molecule has 0 aliphatic carbocycles. The molecule has 0 saturated heterocycles. The number of halogens is 2. The lowest BCUT2D eigenvalue weighted by Gasteiger charge is -2.10. The standard InChI is InChI=1S/C19H16BrClN2O3S/c1-2-9-26-14-8-7-11(10-13(14)20)18(24)22-23-19(25)17-16(21)12-5-3-4-6-15(12)27-17/h3-8,10H,2,9H2,1H3,(H,22,24)(H,23,25). The van der Waals surface area contributed by atoms with E-state index in [9.17, 15) is 9.59 Å². The first-order valence-corrected chi connectivity index (χ1v) is 10.2. The molecular formula is C19H16BrClN2O3S. The van der Waals surface area contributed by atoms with Crippen LogP contribution in [0.2, 0.25) is 5.02 Å². The van der Waals surface area contributed by atoms with Gasteiger partial charge in [0.15, 0.2) is 0 Å². The molecule has 2 amide bonds. The molecular weight excluding hydrogens is 452 g/mol. The third-order valence-corrected chi connectivity index (χ3v) is 5.98. The van der Waals surface area contributed by atoms with Crippen molar-refractivity contribution in [3.63, 3.8) is 0 Å². The van der Waals surface area contributed by atoms with Crippen LogP contribution < -0.4 is 15.6 Å². The summed E-state index contributed by atoms with van der Waals surface area (Å²) in [6, 6.07) is 12.5. The van der Waals surface area contributed by atoms with Crippen LogP contribution in [0.15, 0.2) is 46.9 Å². The van der Waals surface area contributed by atoms with Crippen LogP contribution in [0.3, 0.4) is 0 Å². The van der Waals surface area contributed by atoms with Crippen LogP contribution in [0, 0.1) is 0 Å². The number of nitrogens with one attached hydrogen (secondary N) is 2. The highest BCUT2D eigenvalue weighted by Crippen LogP contribution is 2.34. The Hall–Kier alpha value is -2.09. The third-order valence-electron chi connectivity index (χ3n) is 3.69. The minimum absolute atomic E-state index is 0.350. The van der Waals surface area contributed by atoms with Gasteiger partial charge in [0, 0.05) is 15.6 Å². The molecule has 5 nitrogen and oxygen atoms in total. The zero-order valence-corrected chi connectivity index (χ0v) is 17.5. The molecule has 3 aromatic rings. The quantitative estimate of drug-likeness (QED) is 0.508. The van der Waals surface area contributed by atoms with E-state index in [1.165, 1.54) is 11.3 Å². The molecule has 0 unspecified atom stereocenters. The van der Waals surface area contributed by atoms with Gasteiger partial charge in [-0.15, -0.1) is 11.3 Å². The van der Waals surface area contributed by atoms with E-state index in [4.69, 9.17) is 16.3 Å². The van der Waals surface area contributed by atoms with Gasteiger partial charge in [-0.2, -0.15) is 0 Å². The molecule has 2 aromatic carbocycles. The van der Waals surface area contributed by atoms with Crippen molar-refractivity contribution in [3.05, 3.63) is 62.4 Å². The van der Waals surface area contributed by atoms with E-state index in [0.29, 0.717) is 32.3 Å². The summed E-state index contributed by atoms with van der Waals surface area (Å²) >= 11 is 10.9. The number of carbonyl (C=O) groups excluding carboxylic acids is 2. The van der Waals surface area contributed by atoms with E-state index in [0.717, 1.165) is 16.5 Å². The van der Waals surface area contributed by atoms with Crippen LogP contribution in [-0.2, 0) is 0 Å². The van der Waals surface area contributed by atoms with Gasteiger partial charge in [0.1, 0.15) is 10.6 Å². The first-order valence-electron chi connectivity index (χ1n) is 8.21. The topological polar surface area (TPSA) is 67.4 Å². The van der Waals surface area contributed by atoms with Gasteiger partial charge >= 0.3 is 0 Å². The van der Waals surface area contributed by atoms with Gasteiger partial charge in [0.2, 0.25) is 0 Å². The molecule has 8 heteroatoms. The van der Waals surface area contributed by atoms with Gasteiger partial charge in [0.25, 0.3) is 11.8 Å². The molecule has 0 aliphatic heterocycles. The molecule has 2 N–H and O–H groups in total. The van der Waals surface area contributed by atoms with E-state index < -0.39 is 11.8 Å². The van der Waals surface area contributed by atoms with Crippen molar-refractivity contribution >= 4 is 60.8 Å². The Morgan fingerprint density at radius 3 is 2.59 bits per heavy atom. The number of benzene rings is 2. The number of hydrazine groups is 1. The zero-order chi connectivity index (χ0) is 19.4. The maximum atomic E-state index is 12.4. The summed E-state index contributed by atoms with van der Waals surface area (Å²) in [7, 11) is 0. The minimum Gasteiger partial charge on any atom is -0.492 e. The Morgan fingerprint density at radius 1 is 1.15 bits per heavy atom. The van der Waals surface area contributed by atoms with Crippen LogP contribution in [0.25, 0.3) is 10.1 Å². The Balaban J connectivity index is 1.67. The molecule has 27 heavy (non-hydrogen) atoms. The maximum absolute atomic E-state index is 12.4. The molecule has 0 radical (unpaired) electrons. The molecule has 0 bridgehead atoms. The first kappa shape index (κ1) is 19.7. The maximum Gasteiger partial charge on any atom is 0.281 e. The lowest BCUT2D eigenvalue weighted by molar-refractivity contribution is 0.0849. The van der Waals surface area contributed by atoms with Crippen molar-refractivity contribution in [2.24, 2.45) is 0 Å². The van der Waals surface area contributed by atoms with Gasteiger partial charge in [-0.3, -0.25) is 20.4 Å². The van der Waals surface area contributed by atoms with E-state index >= 15 is 0 Å². The molecule has 0 aliphatic rings. The summed E-state index contributed by atoms with van der Waals surface area (Å²) in [6.07, 6.45) is 0.890. The van der Waals surface area contributed by atoms with Gasteiger partial charge < -0.3 is 4.74 Å². The number of rotatable bonds is 5. The van der Waals surface area contributed by atoms with E-state index in [1.54, 1.807) is 18.2 Å². The summed E-state index contributed by atoms with van der Waals surface area (Å²) in [5.41, 5.74) is 5.20. The SMILES string of the molecule is CCCOc1ccc(C(=O)NNC(=O)c2sc3ccccc3c2Cl)cc1Br. The summed E-state index contributed by atoms with van der Waals surface area (Å²) in [5.74, 6) is -0.241. The van der Waals surface area contributed by atoms with Gasteiger partial charge in [-0.05, 0) is 46.6 Å². The van der Waals surface area contributed by atoms with Crippen LogP contribution in [0.1, 0.15) is 33.4 Å². The van der Waals surface area contributed by atoms with E-state index in [1.807, 2.05) is 31.2 Å². The van der Waals surface area contributed by atoms with E-state index in [2.05, 4.69) is 26.8 Å². The van der Waals surface area contributed by atoms with Crippen LogP contribution in [0.5, 0.6) is 5.75 Å². The fourth-order valence-corrected chi connectivity index (χ4v) is 4.28. The lowest BCUT2D eigenvalue weighted by Crippen LogP contribution is -2.41. The molecule has 1 aromatic heterocycles. The van der Waals surface area contributed by atoms with Crippen LogP contribution in [-0.4, -0.2) is 18.4 Å². The highest BCUT2D eigenvalue weighted by molar-refractivity contribution is 9.10. The number of carbonyl (C=O) groups is 2. The second kappa shape index (κ2) is 8.73. The molecule has 3 rings (SSSR count). The average Bonchev–Trinajstić information content (AvgIpc) is 3.02. The summed E-state index contributed by atoms with van der Waals surface area (Å²) in [4.78, 5) is 25.0.